The molecule has 30 heavy (non-hydrogen) atoms. The van der Waals surface area contributed by atoms with Crippen LogP contribution in [0.2, 0.25) is 15.1 Å². The molecule has 6 N–H and O–H groups in total. The van der Waals surface area contributed by atoms with Gasteiger partial charge >= 0.3 is 0 Å². The van der Waals surface area contributed by atoms with Crippen molar-refractivity contribution in [3.8, 4) is 11.1 Å². The fourth-order valence-corrected chi connectivity index (χ4v) is 3.75. The molecular weight excluding hydrogens is 441 g/mol. The van der Waals surface area contributed by atoms with Gasteiger partial charge in [-0.1, -0.05) is 40.9 Å². The maximum Gasteiger partial charge on any atom is 0.0765 e. The van der Waals surface area contributed by atoms with Gasteiger partial charge in [-0.15, -0.1) is 0 Å². The van der Waals surface area contributed by atoms with E-state index in [2.05, 4.69) is 33.5 Å². The maximum absolute atomic E-state index is 6.24. The Bertz CT molecular complexity index is 1190. The van der Waals surface area contributed by atoms with E-state index >= 15 is 0 Å². The summed E-state index contributed by atoms with van der Waals surface area (Å²) in [5, 5.41) is 16.5. The highest BCUT2D eigenvalue weighted by molar-refractivity contribution is 6.42. The molecule has 0 aliphatic rings. The van der Waals surface area contributed by atoms with Crippen molar-refractivity contribution in [3.63, 3.8) is 0 Å². The van der Waals surface area contributed by atoms with E-state index in [0.29, 0.717) is 15.1 Å². The standard InChI is InChI=1S/C21H18Cl3N3.CH4N2/c1-25-6-7-26-20-10-13(12-2-4-17(23)18(24)9-12)8-16-15-11-14(22)3-5-19(15)27-21(16)20;2-1-3/h2-5,8-11,25-27H,6-7H2,1H3;1H,(H3,2,3). The second-order valence-electron chi connectivity index (χ2n) is 6.59. The molecule has 0 spiro atoms. The summed E-state index contributed by atoms with van der Waals surface area (Å²) in [6.45, 7) is 1.68. The van der Waals surface area contributed by atoms with Crippen LogP contribution in [0, 0.1) is 5.41 Å². The average Bonchev–Trinajstić information content (AvgIpc) is 3.09. The number of aromatic amines is 1. The van der Waals surface area contributed by atoms with Gasteiger partial charge in [0.1, 0.15) is 0 Å². The Morgan fingerprint density at radius 1 is 0.933 bits per heavy atom. The number of rotatable bonds is 5. The first-order valence-corrected chi connectivity index (χ1v) is 10.4. The molecule has 1 heterocycles. The van der Waals surface area contributed by atoms with Crippen molar-refractivity contribution in [2.24, 2.45) is 5.73 Å². The topological polar surface area (TPSA) is 89.7 Å². The van der Waals surface area contributed by atoms with Gasteiger partial charge in [0.15, 0.2) is 0 Å². The van der Waals surface area contributed by atoms with Crippen LogP contribution in [-0.2, 0) is 0 Å². The third kappa shape index (κ3) is 4.82. The molecule has 4 aromatic rings. The van der Waals surface area contributed by atoms with Crippen molar-refractivity contribution in [2.75, 3.05) is 25.5 Å². The summed E-state index contributed by atoms with van der Waals surface area (Å²) >= 11 is 18.6. The largest absolute Gasteiger partial charge is 0.390 e. The van der Waals surface area contributed by atoms with Crippen molar-refractivity contribution in [1.29, 1.82) is 5.41 Å². The first-order valence-electron chi connectivity index (χ1n) is 9.28. The normalized spacial score (nSPS) is 10.7. The number of anilines is 1. The summed E-state index contributed by atoms with van der Waals surface area (Å²) < 4.78 is 0. The molecule has 0 unspecified atom stereocenters. The van der Waals surface area contributed by atoms with Crippen LogP contribution >= 0.6 is 34.8 Å². The van der Waals surface area contributed by atoms with E-state index in [1.165, 1.54) is 0 Å². The molecular formula is C22H22Cl3N5. The van der Waals surface area contributed by atoms with E-state index < -0.39 is 0 Å². The Morgan fingerprint density at radius 3 is 2.40 bits per heavy atom. The second-order valence-corrected chi connectivity index (χ2v) is 7.84. The number of halogens is 3. The van der Waals surface area contributed by atoms with Crippen LogP contribution in [-0.4, -0.2) is 31.5 Å². The molecule has 3 aromatic carbocycles. The quantitative estimate of drug-likeness (QED) is 0.140. The van der Waals surface area contributed by atoms with Gasteiger partial charge in [0, 0.05) is 34.4 Å². The minimum absolute atomic E-state index is 0.543. The molecule has 156 valence electrons. The second kappa shape index (κ2) is 10.0. The molecule has 4 rings (SSSR count). The van der Waals surface area contributed by atoms with Crippen LogP contribution in [0.3, 0.4) is 0 Å². The van der Waals surface area contributed by atoms with Gasteiger partial charge in [-0.3, -0.25) is 5.41 Å². The van der Waals surface area contributed by atoms with E-state index in [1.54, 1.807) is 0 Å². The van der Waals surface area contributed by atoms with Crippen molar-refractivity contribution in [3.05, 3.63) is 63.6 Å². The number of H-pyrrole nitrogens is 1. The van der Waals surface area contributed by atoms with Gasteiger partial charge in [0.05, 0.1) is 27.6 Å². The first-order chi connectivity index (χ1) is 14.5. The van der Waals surface area contributed by atoms with Crippen LogP contribution in [0.25, 0.3) is 32.9 Å². The molecule has 0 aliphatic heterocycles. The Balaban J connectivity index is 0.000000806. The fraction of sp³-hybridized carbons (Fsp3) is 0.136. The molecule has 0 radical (unpaired) electrons. The SMILES string of the molecule is CNCCNc1cc(-c2ccc(Cl)c(Cl)c2)cc2c1[nH]c1ccc(Cl)cc12.N=CN. The molecule has 0 aliphatic carbocycles. The summed E-state index contributed by atoms with van der Waals surface area (Å²) in [5.41, 5.74) is 9.62. The minimum atomic E-state index is 0.543. The summed E-state index contributed by atoms with van der Waals surface area (Å²) in [6.07, 6.45) is 0.750. The number of benzene rings is 3. The summed E-state index contributed by atoms with van der Waals surface area (Å²) in [6, 6.07) is 15.9. The van der Waals surface area contributed by atoms with E-state index in [1.807, 2.05) is 43.4 Å². The molecule has 0 amide bonds. The Labute approximate surface area is 190 Å². The Morgan fingerprint density at radius 2 is 1.70 bits per heavy atom. The maximum atomic E-state index is 6.24. The molecule has 0 bridgehead atoms. The van der Waals surface area contributed by atoms with Crippen LogP contribution in [0.1, 0.15) is 0 Å². The van der Waals surface area contributed by atoms with Crippen molar-refractivity contribution < 1.29 is 0 Å². The number of hydrogen-bond acceptors (Lipinski definition) is 3. The molecule has 8 heteroatoms. The summed E-state index contributed by atoms with van der Waals surface area (Å²) in [7, 11) is 1.94. The first kappa shape index (κ1) is 22.2. The summed E-state index contributed by atoms with van der Waals surface area (Å²) in [5.74, 6) is 0. The van der Waals surface area contributed by atoms with E-state index in [0.717, 1.165) is 58.0 Å². The van der Waals surface area contributed by atoms with Gasteiger partial charge in [0.25, 0.3) is 0 Å². The lowest BCUT2D eigenvalue weighted by Crippen LogP contribution is -2.17. The van der Waals surface area contributed by atoms with Gasteiger partial charge in [-0.25, -0.2) is 0 Å². The average molecular weight is 463 g/mol. The Kier molecular flexibility index (Phi) is 7.45. The van der Waals surface area contributed by atoms with Gasteiger partial charge in [-0.2, -0.15) is 0 Å². The Hall–Kier alpha value is -2.44. The molecule has 1 aromatic heterocycles. The lowest BCUT2D eigenvalue weighted by atomic mass is 10.0. The minimum Gasteiger partial charge on any atom is -0.390 e. The number of nitrogens with two attached hydrogens (primary N) is 1. The third-order valence-corrected chi connectivity index (χ3v) is 5.59. The van der Waals surface area contributed by atoms with Crippen molar-refractivity contribution >= 4 is 68.6 Å². The van der Waals surface area contributed by atoms with Gasteiger partial charge in [-0.05, 0) is 60.6 Å². The molecule has 5 nitrogen and oxygen atoms in total. The van der Waals surface area contributed by atoms with Crippen LogP contribution < -0.4 is 16.4 Å². The van der Waals surface area contributed by atoms with Crippen LogP contribution in [0.15, 0.2) is 48.5 Å². The number of fused-ring (bicyclic) bond motifs is 3. The molecule has 0 saturated carbocycles. The lowest BCUT2D eigenvalue weighted by molar-refractivity contribution is 0.824. The van der Waals surface area contributed by atoms with E-state index in [4.69, 9.17) is 40.2 Å². The smallest absolute Gasteiger partial charge is 0.0765 e. The molecule has 0 fully saturated rings. The van der Waals surface area contributed by atoms with Crippen LogP contribution in [0.4, 0.5) is 5.69 Å². The molecule has 0 atom stereocenters. The highest BCUT2D eigenvalue weighted by Gasteiger charge is 2.12. The predicted octanol–water partition coefficient (Wildman–Crippen LogP) is 6.13. The number of hydrogen-bond donors (Lipinski definition) is 5. The third-order valence-electron chi connectivity index (χ3n) is 4.61. The molecule has 0 saturated heterocycles. The van der Waals surface area contributed by atoms with E-state index in [-0.39, 0.29) is 0 Å². The predicted molar refractivity (Wildman–Crippen MR) is 132 cm³/mol. The zero-order valence-corrected chi connectivity index (χ0v) is 18.6. The zero-order valence-electron chi connectivity index (χ0n) is 16.3. The highest BCUT2D eigenvalue weighted by atomic mass is 35.5. The lowest BCUT2D eigenvalue weighted by Gasteiger charge is -2.11. The van der Waals surface area contributed by atoms with E-state index in [9.17, 15) is 0 Å². The number of likely N-dealkylation sites (N-methyl/N-ethyl adjacent to an activating group) is 1. The zero-order chi connectivity index (χ0) is 21.7. The van der Waals surface area contributed by atoms with Crippen LogP contribution in [0.5, 0.6) is 0 Å². The monoisotopic (exact) mass is 461 g/mol. The fourth-order valence-electron chi connectivity index (χ4n) is 3.28. The van der Waals surface area contributed by atoms with Gasteiger partial charge in [0.2, 0.25) is 0 Å². The van der Waals surface area contributed by atoms with Crippen molar-refractivity contribution in [2.45, 2.75) is 0 Å². The van der Waals surface area contributed by atoms with Crippen molar-refractivity contribution in [1.82, 2.24) is 10.3 Å². The number of nitrogens with one attached hydrogen (secondary N) is 4. The van der Waals surface area contributed by atoms with Gasteiger partial charge < -0.3 is 21.4 Å². The highest BCUT2D eigenvalue weighted by Crippen LogP contribution is 2.37. The summed E-state index contributed by atoms with van der Waals surface area (Å²) in [4.78, 5) is 3.51. The number of aromatic nitrogens is 1.